The van der Waals surface area contributed by atoms with Crippen molar-refractivity contribution in [1.82, 2.24) is 10.3 Å². The molecule has 1 aliphatic rings. The first-order valence-electron chi connectivity index (χ1n) is 6.00. The van der Waals surface area contributed by atoms with Crippen molar-refractivity contribution in [2.24, 2.45) is 0 Å². The van der Waals surface area contributed by atoms with E-state index < -0.39 is 0 Å². The average Bonchev–Trinajstić information content (AvgIpc) is 2.92. The topological polar surface area (TPSA) is 47.3 Å². The lowest BCUT2D eigenvalue weighted by Crippen LogP contribution is -2.31. The number of rotatable bonds is 2. The molecule has 1 aromatic carbocycles. The van der Waals surface area contributed by atoms with E-state index in [1.54, 1.807) is 0 Å². The lowest BCUT2D eigenvalue weighted by Gasteiger charge is -2.12. The summed E-state index contributed by atoms with van der Waals surface area (Å²) in [4.78, 5) is 4.54. The van der Waals surface area contributed by atoms with Gasteiger partial charge in [0.25, 0.3) is 0 Å². The van der Waals surface area contributed by atoms with E-state index in [0.717, 1.165) is 22.6 Å². The van der Waals surface area contributed by atoms with Crippen LogP contribution in [0.2, 0.25) is 5.02 Å². The predicted octanol–water partition coefficient (Wildman–Crippen LogP) is 2.49. The van der Waals surface area contributed by atoms with Crippen molar-refractivity contribution >= 4 is 22.7 Å². The van der Waals surface area contributed by atoms with Crippen molar-refractivity contribution in [2.75, 3.05) is 20.3 Å². The second kappa shape index (κ2) is 4.53. The van der Waals surface area contributed by atoms with Gasteiger partial charge in [-0.15, -0.1) is 0 Å². The fourth-order valence-electron chi connectivity index (χ4n) is 2.41. The van der Waals surface area contributed by atoms with E-state index in [9.17, 15) is 0 Å². The molecule has 4 nitrogen and oxygen atoms in total. The van der Waals surface area contributed by atoms with E-state index in [0.29, 0.717) is 18.2 Å². The number of ether oxygens (including phenoxy) is 1. The van der Waals surface area contributed by atoms with Crippen LogP contribution in [0.5, 0.6) is 0 Å². The smallest absolute Gasteiger partial charge is 0.202 e. The van der Waals surface area contributed by atoms with Crippen molar-refractivity contribution in [3.63, 3.8) is 0 Å². The standard InChI is InChI=1S/C13H15ClN2O2/c1-7-3-8(14)4-10-12(7)18-13(16-10)9-5-17-6-11(9)15-2/h3-4,9,11,15H,5-6H2,1-2H3. The molecule has 5 heteroatoms. The van der Waals surface area contributed by atoms with Crippen LogP contribution in [0.25, 0.3) is 11.1 Å². The second-order valence-corrected chi connectivity index (χ2v) is 5.10. The Bertz CT molecular complexity index is 582. The van der Waals surface area contributed by atoms with Crippen LogP contribution in [0.1, 0.15) is 17.4 Å². The van der Waals surface area contributed by atoms with Crippen molar-refractivity contribution < 1.29 is 9.15 Å². The molecule has 0 bridgehead atoms. The summed E-state index contributed by atoms with van der Waals surface area (Å²) in [6.45, 7) is 3.31. The number of hydrogen-bond donors (Lipinski definition) is 1. The van der Waals surface area contributed by atoms with E-state index >= 15 is 0 Å². The van der Waals surface area contributed by atoms with Gasteiger partial charge in [-0.2, -0.15) is 0 Å². The van der Waals surface area contributed by atoms with Gasteiger partial charge < -0.3 is 14.5 Å². The van der Waals surface area contributed by atoms with Gasteiger partial charge in [0.15, 0.2) is 5.58 Å². The monoisotopic (exact) mass is 266 g/mol. The average molecular weight is 267 g/mol. The van der Waals surface area contributed by atoms with Crippen LogP contribution in [-0.2, 0) is 4.74 Å². The maximum absolute atomic E-state index is 6.03. The van der Waals surface area contributed by atoms with Crippen LogP contribution in [0.15, 0.2) is 16.5 Å². The zero-order valence-electron chi connectivity index (χ0n) is 10.4. The SMILES string of the molecule is CNC1COCC1c1nc2cc(Cl)cc(C)c2o1. The third-order valence-corrected chi connectivity index (χ3v) is 3.64. The Balaban J connectivity index is 2.05. The van der Waals surface area contributed by atoms with E-state index in [2.05, 4.69) is 10.3 Å². The predicted molar refractivity (Wildman–Crippen MR) is 70.2 cm³/mol. The molecule has 0 saturated carbocycles. The van der Waals surface area contributed by atoms with Gasteiger partial charge in [-0.3, -0.25) is 0 Å². The number of nitrogens with one attached hydrogen (secondary N) is 1. The zero-order chi connectivity index (χ0) is 12.7. The van der Waals surface area contributed by atoms with Crippen LogP contribution < -0.4 is 5.32 Å². The Morgan fingerprint density at radius 2 is 2.22 bits per heavy atom. The van der Waals surface area contributed by atoms with Crippen LogP contribution in [-0.4, -0.2) is 31.3 Å². The van der Waals surface area contributed by atoms with Gasteiger partial charge in [0, 0.05) is 11.1 Å². The molecule has 2 heterocycles. The minimum Gasteiger partial charge on any atom is -0.440 e. The molecule has 0 radical (unpaired) electrons. The van der Waals surface area contributed by atoms with Crippen molar-refractivity contribution in [2.45, 2.75) is 18.9 Å². The zero-order valence-corrected chi connectivity index (χ0v) is 11.1. The fraction of sp³-hybridized carbons (Fsp3) is 0.462. The molecule has 96 valence electrons. The number of hydrogen-bond acceptors (Lipinski definition) is 4. The highest BCUT2D eigenvalue weighted by Gasteiger charge is 2.32. The number of aromatic nitrogens is 1. The number of likely N-dealkylation sites (N-methyl/N-ethyl adjacent to an activating group) is 1. The number of halogens is 1. The molecule has 18 heavy (non-hydrogen) atoms. The van der Waals surface area contributed by atoms with Crippen molar-refractivity contribution in [3.8, 4) is 0 Å². The number of fused-ring (bicyclic) bond motifs is 1. The lowest BCUT2D eigenvalue weighted by atomic mass is 10.0. The Hall–Kier alpha value is -1.10. The molecule has 2 unspecified atom stereocenters. The third kappa shape index (κ3) is 1.90. The maximum Gasteiger partial charge on any atom is 0.202 e. The number of aryl methyl sites for hydroxylation is 1. The highest BCUT2D eigenvalue weighted by molar-refractivity contribution is 6.31. The lowest BCUT2D eigenvalue weighted by molar-refractivity contribution is 0.186. The van der Waals surface area contributed by atoms with Gasteiger partial charge in [-0.1, -0.05) is 11.6 Å². The normalized spacial score (nSPS) is 23.9. The van der Waals surface area contributed by atoms with Crippen LogP contribution >= 0.6 is 11.6 Å². The number of benzene rings is 1. The molecular formula is C13H15ClN2O2. The van der Waals surface area contributed by atoms with Crippen LogP contribution in [0.4, 0.5) is 0 Å². The van der Waals surface area contributed by atoms with E-state index in [4.69, 9.17) is 20.8 Å². The molecule has 1 aromatic heterocycles. The summed E-state index contributed by atoms with van der Waals surface area (Å²) < 4.78 is 11.4. The summed E-state index contributed by atoms with van der Waals surface area (Å²) in [5.41, 5.74) is 2.64. The molecule has 3 rings (SSSR count). The molecule has 1 fully saturated rings. The first kappa shape index (κ1) is 12.0. The minimum atomic E-state index is 0.167. The fourth-order valence-corrected chi connectivity index (χ4v) is 2.68. The Morgan fingerprint density at radius 3 is 3.00 bits per heavy atom. The maximum atomic E-state index is 6.03. The minimum absolute atomic E-state index is 0.167. The highest BCUT2D eigenvalue weighted by atomic mass is 35.5. The van der Waals surface area contributed by atoms with Crippen molar-refractivity contribution in [3.05, 3.63) is 28.6 Å². The largest absolute Gasteiger partial charge is 0.440 e. The molecular weight excluding hydrogens is 252 g/mol. The van der Waals surface area contributed by atoms with E-state index in [1.807, 2.05) is 26.1 Å². The van der Waals surface area contributed by atoms with E-state index in [1.165, 1.54) is 0 Å². The molecule has 0 aliphatic carbocycles. The quantitative estimate of drug-likeness (QED) is 0.907. The molecule has 1 saturated heterocycles. The summed E-state index contributed by atoms with van der Waals surface area (Å²) in [7, 11) is 1.93. The van der Waals surface area contributed by atoms with Crippen LogP contribution in [0, 0.1) is 6.92 Å². The summed E-state index contributed by atoms with van der Waals surface area (Å²) >= 11 is 6.03. The molecule has 1 aliphatic heterocycles. The summed E-state index contributed by atoms with van der Waals surface area (Å²) in [5, 5.41) is 3.92. The van der Waals surface area contributed by atoms with Crippen LogP contribution in [0.3, 0.4) is 0 Å². The van der Waals surface area contributed by atoms with Gasteiger partial charge in [0.2, 0.25) is 5.89 Å². The van der Waals surface area contributed by atoms with Gasteiger partial charge in [-0.05, 0) is 31.7 Å². The first-order chi connectivity index (χ1) is 8.69. The van der Waals surface area contributed by atoms with E-state index in [-0.39, 0.29) is 12.0 Å². The Kier molecular flexibility index (Phi) is 3.01. The Labute approximate surface area is 110 Å². The molecule has 0 amide bonds. The number of oxazole rings is 1. The summed E-state index contributed by atoms with van der Waals surface area (Å²) in [5.74, 6) is 0.896. The third-order valence-electron chi connectivity index (χ3n) is 3.43. The number of nitrogens with zero attached hydrogens (tertiary/aromatic N) is 1. The Morgan fingerprint density at radius 1 is 1.39 bits per heavy atom. The first-order valence-corrected chi connectivity index (χ1v) is 6.38. The van der Waals surface area contributed by atoms with Crippen molar-refractivity contribution in [1.29, 1.82) is 0 Å². The second-order valence-electron chi connectivity index (χ2n) is 4.66. The molecule has 2 atom stereocenters. The molecule has 0 spiro atoms. The van der Waals surface area contributed by atoms with Gasteiger partial charge in [0.1, 0.15) is 5.52 Å². The van der Waals surface area contributed by atoms with Gasteiger partial charge >= 0.3 is 0 Å². The van der Waals surface area contributed by atoms with Gasteiger partial charge in [0.05, 0.1) is 19.1 Å². The molecule has 2 aromatic rings. The summed E-state index contributed by atoms with van der Waals surface area (Å²) in [6, 6.07) is 3.98. The summed E-state index contributed by atoms with van der Waals surface area (Å²) in [6.07, 6.45) is 0. The highest BCUT2D eigenvalue weighted by Crippen LogP contribution is 2.30. The molecule has 1 N–H and O–H groups in total. The van der Waals surface area contributed by atoms with Gasteiger partial charge in [-0.25, -0.2) is 4.98 Å².